The normalized spacial score (nSPS) is 10.9. The summed E-state index contributed by atoms with van der Waals surface area (Å²) in [5.74, 6) is -0.350. The quantitative estimate of drug-likeness (QED) is 0.804. The number of hydrogen-bond acceptors (Lipinski definition) is 3. The van der Waals surface area contributed by atoms with Gasteiger partial charge in [0, 0.05) is 17.8 Å². The lowest BCUT2D eigenvalue weighted by molar-refractivity contribution is 0.0957. The van der Waals surface area contributed by atoms with Gasteiger partial charge in [0.05, 0.1) is 4.88 Å². The van der Waals surface area contributed by atoms with Gasteiger partial charge < -0.3 is 10.6 Å². The summed E-state index contributed by atoms with van der Waals surface area (Å²) < 4.78 is 14.2. The summed E-state index contributed by atoms with van der Waals surface area (Å²) in [7, 11) is 0. The van der Waals surface area contributed by atoms with Gasteiger partial charge in [-0.25, -0.2) is 4.39 Å². The zero-order chi connectivity index (χ0) is 14.5. The first-order valence-electron chi connectivity index (χ1n) is 6.81. The Labute approximate surface area is 122 Å². The number of aryl methyl sites for hydroxylation is 1. The molecule has 2 aromatic rings. The summed E-state index contributed by atoms with van der Waals surface area (Å²) in [5.41, 5.74) is 0.850. The van der Waals surface area contributed by atoms with E-state index in [4.69, 9.17) is 0 Å². The highest BCUT2D eigenvalue weighted by Gasteiger charge is 2.15. The van der Waals surface area contributed by atoms with Gasteiger partial charge >= 0.3 is 0 Å². The second kappa shape index (κ2) is 6.81. The van der Waals surface area contributed by atoms with Crippen LogP contribution in [0.4, 0.5) is 4.39 Å². The molecule has 1 aromatic carbocycles. The summed E-state index contributed by atoms with van der Waals surface area (Å²) in [5, 5.41) is 6.94. The zero-order valence-corrected chi connectivity index (χ0v) is 12.6. The van der Waals surface area contributed by atoms with Gasteiger partial charge in [-0.3, -0.25) is 4.79 Å². The fourth-order valence-corrected chi connectivity index (χ4v) is 3.16. The molecule has 0 bridgehead atoms. The van der Waals surface area contributed by atoms with Crippen LogP contribution < -0.4 is 10.6 Å². The molecule has 1 heterocycles. The van der Waals surface area contributed by atoms with Crippen molar-refractivity contribution in [1.29, 1.82) is 0 Å². The summed E-state index contributed by atoms with van der Waals surface area (Å²) in [6.07, 6.45) is 1.08. The second-order valence-corrected chi connectivity index (χ2v) is 5.75. The van der Waals surface area contributed by atoms with E-state index in [-0.39, 0.29) is 11.7 Å². The lowest BCUT2D eigenvalue weighted by Gasteiger charge is -2.05. The molecule has 0 aliphatic heterocycles. The van der Waals surface area contributed by atoms with Gasteiger partial charge in [-0.05, 0) is 49.0 Å². The first-order chi connectivity index (χ1) is 9.63. The smallest absolute Gasteiger partial charge is 0.261 e. The van der Waals surface area contributed by atoms with E-state index in [9.17, 15) is 9.18 Å². The van der Waals surface area contributed by atoms with Gasteiger partial charge in [-0.1, -0.05) is 6.92 Å². The molecule has 0 radical (unpaired) electrons. The number of carbonyl (C=O) groups excluding carboxylic acids is 1. The monoisotopic (exact) mass is 294 g/mol. The van der Waals surface area contributed by atoms with Crippen LogP contribution in [-0.4, -0.2) is 25.5 Å². The van der Waals surface area contributed by atoms with Crippen LogP contribution in [0.3, 0.4) is 0 Å². The van der Waals surface area contributed by atoms with E-state index in [1.54, 1.807) is 6.07 Å². The molecule has 20 heavy (non-hydrogen) atoms. The largest absolute Gasteiger partial charge is 0.350 e. The number of rotatable bonds is 6. The Morgan fingerprint density at radius 1 is 1.30 bits per heavy atom. The third kappa shape index (κ3) is 3.35. The Kier molecular flexibility index (Phi) is 5.09. The van der Waals surface area contributed by atoms with Gasteiger partial charge in [-0.15, -0.1) is 11.3 Å². The van der Waals surface area contributed by atoms with Crippen LogP contribution in [0.15, 0.2) is 18.2 Å². The molecule has 2 rings (SSSR count). The van der Waals surface area contributed by atoms with Crippen molar-refractivity contribution in [2.75, 3.05) is 19.6 Å². The molecular formula is C15H19FN2OS. The SMILES string of the molecule is CCCNCCNC(=O)c1sc2ccc(F)cc2c1C. The highest BCUT2D eigenvalue weighted by atomic mass is 32.1. The van der Waals surface area contributed by atoms with Gasteiger partial charge in [0.1, 0.15) is 5.82 Å². The number of carbonyl (C=O) groups is 1. The Bertz CT molecular complexity index is 609. The highest BCUT2D eigenvalue weighted by Crippen LogP contribution is 2.31. The fourth-order valence-electron chi connectivity index (χ4n) is 2.06. The molecule has 0 spiro atoms. The van der Waals surface area contributed by atoms with Crippen molar-refractivity contribution in [2.45, 2.75) is 20.3 Å². The summed E-state index contributed by atoms with van der Waals surface area (Å²) >= 11 is 1.41. The third-order valence-electron chi connectivity index (χ3n) is 3.12. The van der Waals surface area contributed by atoms with Crippen molar-refractivity contribution < 1.29 is 9.18 Å². The minimum absolute atomic E-state index is 0.0811. The molecule has 1 aromatic heterocycles. The molecule has 0 fully saturated rings. The predicted octanol–water partition coefficient (Wildman–Crippen LogP) is 3.08. The Morgan fingerprint density at radius 3 is 2.85 bits per heavy atom. The molecular weight excluding hydrogens is 275 g/mol. The number of amides is 1. The molecule has 0 saturated heterocycles. The van der Waals surface area contributed by atoms with Crippen molar-refractivity contribution in [2.24, 2.45) is 0 Å². The molecule has 0 aliphatic carbocycles. The first-order valence-corrected chi connectivity index (χ1v) is 7.62. The van der Waals surface area contributed by atoms with Crippen molar-refractivity contribution in [3.05, 3.63) is 34.5 Å². The molecule has 5 heteroatoms. The molecule has 0 saturated carbocycles. The van der Waals surface area contributed by atoms with E-state index in [1.807, 2.05) is 6.92 Å². The maximum Gasteiger partial charge on any atom is 0.261 e. The van der Waals surface area contributed by atoms with E-state index < -0.39 is 0 Å². The molecule has 1 amide bonds. The van der Waals surface area contributed by atoms with Crippen LogP contribution >= 0.6 is 11.3 Å². The summed E-state index contributed by atoms with van der Waals surface area (Å²) in [6, 6.07) is 4.64. The van der Waals surface area contributed by atoms with Crippen molar-refractivity contribution >= 4 is 27.3 Å². The number of hydrogen-bond donors (Lipinski definition) is 2. The topological polar surface area (TPSA) is 41.1 Å². The average Bonchev–Trinajstić information content (AvgIpc) is 2.76. The Morgan fingerprint density at radius 2 is 2.10 bits per heavy atom. The van der Waals surface area contributed by atoms with Crippen molar-refractivity contribution in [1.82, 2.24) is 10.6 Å². The Balaban J connectivity index is 2.05. The number of nitrogens with one attached hydrogen (secondary N) is 2. The van der Waals surface area contributed by atoms with Crippen LogP contribution in [0.1, 0.15) is 28.6 Å². The van der Waals surface area contributed by atoms with E-state index in [0.717, 1.165) is 35.2 Å². The molecule has 0 aliphatic rings. The fraction of sp³-hybridized carbons (Fsp3) is 0.400. The maximum atomic E-state index is 13.2. The number of benzene rings is 1. The molecule has 3 nitrogen and oxygen atoms in total. The van der Waals surface area contributed by atoms with Crippen LogP contribution in [0, 0.1) is 12.7 Å². The average molecular weight is 294 g/mol. The summed E-state index contributed by atoms with van der Waals surface area (Å²) in [4.78, 5) is 12.8. The van der Waals surface area contributed by atoms with E-state index in [1.165, 1.54) is 23.5 Å². The number of thiophene rings is 1. The summed E-state index contributed by atoms with van der Waals surface area (Å²) in [6.45, 7) is 6.28. The van der Waals surface area contributed by atoms with E-state index in [2.05, 4.69) is 17.6 Å². The van der Waals surface area contributed by atoms with Gasteiger partial charge in [-0.2, -0.15) is 0 Å². The minimum Gasteiger partial charge on any atom is -0.350 e. The molecule has 0 unspecified atom stereocenters. The van der Waals surface area contributed by atoms with Gasteiger partial charge in [0.25, 0.3) is 5.91 Å². The van der Waals surface area contributed by atoms with Crippen LogP contribution in [0.25, 0.3) is 10.1 Å². The van der Waals surface area contributed by atoms with E-state index in [0.29, 0.717) is 11.4 Å². The first kappa shape index (κ1) is 14.9. The van der Waals surface area contributed by atoms with Crippen LogP contribution in [0.5, 0.6) is 0 Å². The lowest BCUT2D eigenvalue weighted by Crippen LogP contribution is -2.31. The van der Waals surface area contributed by atoms with Crippen molar-refractivity contribution in [3.63, 3.8) is 0 Å². The van der Waals surface area contributed by atoms with E-state index >= 15 is 0 Å². The lowest BCUT2D eigenvalue weighted by atomic mass is 10.1. The minimum atomic E-state index is -0.269. The predicted molar refractivity (Wildman–Crippen MR) is 82.0 cm³/mol. The zero-order valence-electron chi connectivity index (χ0n) is 11.8. The standard InChI is InChI=1S/C15H19FN2OS/c1-3-6-17-7-8-18-15(19)14-10(2)12-9-11(16)4-5-13(12)20-14/h4-5,9,17H,3,6-8H2,1-2H3,(H,18,19). The van der Waals surface area contributed by atoms with Gasteiger partial charge in [0.2, 0.25) is 0 Å². The molecule has 0 atom stereocenters. The Hall–Kier alpha value is -1.46. The van der Waals surface area contributed by atoms with Crippen molar-refractivity contribution in [3.8, 4) is 0 Å². The number of fused-ring (bicyclic) bond motifs is 1. The second-order valence-electron chi connectivity index (χ2n) is 4.70. The number of halogens is 1. The third-order valence-corrected chi connectivity index (χ3v) is 4.39. The maximum absolute atomic E-state index is 13.2. The van der Waals surface area contributed by atoms with Crippen LogP contribution in [0.2, 0.25) is 0 Å². The van der Waals surface area contributed by atoms with Gasteiger partial charge in [0.15, 0.2) is 0 Å². The van der Waals surface area contributed by atoms with Crippen LogP contribution in [-0.2, 0) is 0 Å². The molecule has 108 valence electrons. The molecule has 2 N–H and O–H groups in total. The highest BCUT2D eigenvalue weighted by molar-refractivity contribution is 7.21.